The Morgan fingerprint density at radius 1 is 1.07 bits per heavy atom. The predicted octanol–water partition coefficient (Wildman–Crippen LogP) is 1.77. The molecular formula is C21H35N5O2. The van der Waals surface area contributed by atoms with Crippen molar-refractivity contribution >= 4 is 5.91 Å². The number of hydrogen-bond acceptors (Lipinski definition) is 5. The second-order valence-electron chi connectivity index (χ2n) is 9.06. The Morgan fingerprint density at radius 2 is 1.89 bits per heavy atom. The molecule has 2 fully saturated rings. The molecule has 7 nitrogen and oxygen atoms in total. The normalized spacial score (nSPS) is 27.6. The zero-order chi connectivity index (χ0) is 19.6. The highest BCUT2D eigenvalue weighted by atomic mass is 16.3. The smallest absolute Gasteiger partial charge is 0.255 e. The number of amides is 1. The van der Waals surface area contributed by atoms with Gasteiger partial charge < -0.3 is 14.6 Å². The van der Waals surface area contributed by atoms with Gasteiger partial charge in [-0.25, -0.2) is 0 Å². The maximum atomic E-state index is 13.1. The van der Waals surface area contributed by atoms with Crippen LogP contribution in [0.15, 0.2) is 0 Å². The fourth-order valence-corrected chi connectivity index (χ4v) is 5.28. The highest BCUT2D eigenvalue weighted by Crippen LogP contribution is 2.29. The summed E-state index contributed by atoms with van der Waals surface area (Å²) in [6, 6.07) is 0. The molecular weight excluding hydrogens is 354 g/mol. The average Bonchev–Trinajstić information content (AvgIpc) is 2.93. The molecule has 1 saturated carbocycles. The van der Waals surface area contributed by atoms with Gasteiger partial charge in [-0.3, -0.25) is 9.69 Å². The first-order valence-corrected chi connectivity index (χ1v) is 11.2. The molecule has 3 heterocycles. The van der Waals surface area contributed by atoms with Crippen LogP contribution in [0.3, 0.4) is 0 Å². The van der Waals surface area contributed by atoms with Gasteiger partial charge in [0.15, 0.2) is 5.60 Å². The van der Waals surface area contributed by atoms with Crippen LogP contribution in [-0.4, -0.2) is 73.9 Å². The second-order valence-corrected chi connectivity index (χ2v) is 9.06. The third-order valence-electron chi connectivity index (χ3n) is 7.02. The van der Waals surface area contributed by atoms with Crippen molar-refractivity contribution in [3.8, 4) is 0 Å². The van der Waals surface area contributed by atoms with Crippen molar-refractivity contribution in [3.63, 3.8) is 0 Å². The molecule has 156 valence electrons. The molecule has 1 saturated heterocycles. The Morgan fingerprint density at radius 3 is 2.71 bits per heavy atom. The van der Waals surface area contributed by atoms with Gasteiger partial charge in [-0.05, 0) is 32.1 Å². The van der Waals surface area contributed by atoms with Crippen molar-refractivity contribution in [1.82, 2.24) is 24.6 Å². The summed E-state index contributed by atoms with van der Waals surface area (Å²) in [6.07, 6.45) is 10.0. The van der Waals surface area contributed by atoms with Gasteiger partial charge >= 0.3 is 0 Å². The molecule has 0 bridgehead atoms. The van der Waals surface area contributed by atoms with Gasteiger partial charge in [-0.2, -0.15) is 0 Å². The van der Waals surface area contributed by atoms with Crippen molar-refractivity contribution in [2.75, 3.05) is 32.7 Å². The lowest BCUT2D eigenvalue weighted by molar-refractivity contribution is -0.159. The summed E-state index contributed by atoms with van der Waals surface area (Å²) < 4.78 is 2.16. The van der Waals surface area contributed by atoms with Gasteiger partial charge in [0.1, 0.15) is 11.6 Å². The molecule has 3 aliphatic rings. The zero-order valence-electron chi connectivity index (χ0n) is 17.3. The van der Waals surface area contributed by atoms with Crippen LogP contribution in [0.4, 0.5) is 0 Å². The van der Waals surface area contributed by atoms with Gasteiger partial charge in [0.25, 0.3) is 5.91 Å². The Bertz CT molecular complexity index is 684. The number of carbonyl (C=O) groups excluding carboxylic acids is 1. The molecule has 2 aliphatic heterocycles. The van der Waals surface area contributed by atoms with E-state index >= 15 is 0 Å². The SMILES string of the molecule is Cc1nnc2n1CCN(CC1(O)CCCN(CCC3CCCCC3)C1=O)CC2. The number of carbonyl (C=O) groups is 1. The molecule has 1 unspecified atom stereocenters. The molecule has 0 spiro atoms. The molecule has 28 heavy (non-hydrogen) atoms. The van der Waals surface area contributed by atoms with Crippen LogP contribution in [0, 0.1) is 12.8 Å². The maximum Gasteiger partial charge on any atom is 0.255 e. The summed E-state index contributed by atoms with van der Waals surface area (Å²) >= 11 is 0. The summed E-state index contributed by atoms with van der Waals surface area (Å²) in [5.74, 6) is 2.67. The highest BCUT2D eigenvalue weighted by Gasteiger charge is 2.43. The number of aryl methyl sites for hydroxylation is 1. The van der Waals surface area contributed by atoms with Crippen molar-refractivity contribution < 1.29 is 9.90 Å². The van der Waals surface area contributed by atoms with E-state index in [1.165, 1.54) is 32.1 Å². The van der Waals surface area contributed by atoms with Crippen LogP contribution >= 0.6 is 0 Å². The second kappa shape index (κ2) is 8.49. The fourth-order valence-electron chi connectivity index (χ4n) is 5.28. The van der Waals surface area contributed by atoms with Crippen molar-refractivity contribution in [2.24, 2.45) is 5.92 Å². The Labute approximate surface area is 168 Å². The predicted molar refractivity (Wildman–Crippen MR) is 107 cm³/mol. The summed E-state index contributed by atoms with van der Waals surface area (Å²) in [4.78, 5) is 17.3. The van der Waals surface area contributed by atoms with E-state index in [-0.39, 0.29) is 5.91 Å². The molecule has 0 radical (unpaired) electrons. The van der Waals surface area contributed by atoms with Crippen LogP contribution in [0.25, 0.3) is 0 Å². The van der Waals surface area contributed by atoms with Crippen LogP contribution in [0.5, 0.6) is 0 Å². The minimum absolute atomic E-state index is 0.0469. The van der Waals surface area contributed by atoms with Crippen LogP contribution < -0.4 is 0 Å². The number of fused-ring (bicyclic) bond motifs is 1. The molecule has 1 atom stereocenters. The van der Waals surface area contributed by atoms with E-state index in [0.717, 1.165) is 69.6 Å². The van der Waals surface area contributed by atoms with Crippen molar-refractivity contribution in [2.45, 2.75) is 76.9 Å². The molecule has 1 N–H and O–H groups in total. The minimum atomic E-state index is -1.23. The molecule has 1 aliphatic carbocycles. The van der Waals surface area contributed by atoms with Crippen LogP contribution in [0.1, 0.15) is 63.0 Å². The van der Waals surface area contributed by atoms with Gasteiger partial charge in [0.05, 0.1) is 0 Å². The number of aromatic nitrogens is 3. The first kappa shape index (κ1) is 19.8. The quantitative estimate of drug-likeness (QED) is 0.831. The number of aliphatic hydroxyl groups is 1. The summed E-state index contributed by atoms with van der Waals surface area (Å²) in [5.41, 5.74) is -1.23. The standard InChI is InChI=1S/C21H35N5O2/c1-17-22-23-19-9-12-24(14-15-26(17)19)16-21(28)10-5-11-25(20(21)27)13-8-18-6-3-2-4-7-18/h18,28H,2-16H2,1H3. The third kappa shape index (κ3) is 4.25. The average molecular weight is 390 g/mol. The number of rotatable bonds is 5. The van der Waals surface area contributed by atoms with Crippen molar-refractivity contribution in [1.29, 1.82) is 0 Å². The lowest BCUT2D eigenvalue weighted by Crippen LogP contribution is -2.59. The van der Waals surface area contributed by atoms with Crippen LogP contribution in [0.2, 0.25) is 0 Å². The van der Waals surface area contributed by atoms with E-state index in [1.807, 2.05) is 11.8 Å². The van der Waals surface area contributed by atoms with Gasteiger partial charge in [0, 0.05) is 45.7 Å². The van der Waals surface area contributed by atoms with Gasteiger partial charge in [-0.15, -0.1) is 10.2 Å². The molecule has 4 rings (SSSR count). The lowest BCUT2D eigenvalue weighted by atomic mass is 9.86. The monoisotopic (exact) mass is 389 g/mol. The topological polar surface area (TPSA) is 74.5 Å². The summed E-state index contributed by atoms with van der Waals surface area (Å²) in [6.45, 7) is 6.49. The van der Waals surface area contributed by atoms with Crippen LogP contribution in [-0.2, 0) is 17.8 Å². The number of hydrogen-bond donors (Lipinski definition) is 1. The molecule has 0 aromatic carbocycles. The number of likely N-dealkylation sites (tertiary alicyclic amines) is 1. The van der Waals surface area contributed by atoms with E-state index in [2.05, 4.69) is 19.7 Å². The summed E-state index contributed by atoms with van der Waals surface area (Å²) in [7, 11) is 0. The zero-order valence-corrected chi connectivity index (χ0v) is 17.3. The van der Waals surface area contributed by atoms with E-state index in [0.29, 0.717) is 13.0 Å². The van der Waals surface area contributed by atoms with E-state index < -0.39 is 5.60 Å². The third-order valence-corrected chi connectivity index (χ3v) is 7.02. The van der Waals surface area contributed by atoms with E-state index in [1.54, 1.807) is 0 Å². The molecule has 1 aromatic rings. The maximum absolute atomic E-state index is 13.1. The van der Waals surface area contributed by atoms with Crippen molar-refractivity contribution in [3.05, 3.63) is 11.6 Å². The van der Waals surface area contributed by atoms with E-state index in [4.69, 9.17) is 0 Å². The lowest BCUT2D eigenvalue weighted by Gasteiger charge is -2.41. The highest BCUT2D eigenvalue weighted by molar-refractivity contribution is 5.86. The Hall–Kier alpha value is -1.47. The minimum Gasteiger partial charge on any atom is -0.379 e. The fraction of sp³-hybridized carbons (Fsp3) is 0.857. The van der Waals surface area contributed by atoms with Gasteiger partial charge in [0.2, 0.25) is 0 Å². The largest absolute Gasteiger partial charge is 0.379 e. The Kier molecular flexibility index (Phi) is 6.01. The molecule has 1 aromatic heterocycles. The first-order chi connectivity index (χ1) is 13.5. The molecule has 7 heteroatoms. The van der Waals surface area contributed by atoms with Gasteiger partial charge in [-0.1, -0.05) is 32.1 Å². The van der Waals surface area contributed by atoms with E-state index in [9.17, 15) is 9.90 Å². The number of piperidine rings is 1. The number of nitrogens with zero attached hydrogens (tertiary/aromatic N) is 5. The summed E-state index contributed by atoms with van der Waals surface area (Å²) in [5, 5.41) is 19.7. The first-order valence-electron chi connectivity index (χ1n) is 11.2. The molecule has 1 amide bonds. The number of β-amino-alcohol motifs (C(OH)–C–C–N with tert-alkyl or cyclic N) is 1. The Balaban J connectivity index is 1.33.